The number of aliphatic imine (C=N–C) groups is 1. The summed E-state index contributed by atoms with van der Waals surface area (Å²) in [5.74, 6) is -0.345. The number of hydrogen-bond donors (Lipinski definition) is 4. The highest BCUT2D eigenvalue weighted by molar-refractivity contribution is 8.14. The number of carbonyl (C=O) groups is 1. The van der Waals surface area contributed by atoms with Crippen molar-refractivity contribution in [3.05, 3.63) is 0 Å². The van der Waals surface area contributed by atoms with Crippen LogP contribution < -0.4 is 16.8 Å². The molecule has 0 aliphatic rings. The van der Waals surface area contributed by atoms with Gasteiger partial charge in [-0.15, -0.1) is 0 Å². The van der Waals surface area contributed by atoms with Gasteiger partial charge in [0.1, 0.15) is 0 Å². The molecular weight excluding hydrogens is 190 g/mol. The summed E-state index contributed by atoms with van der Waals surface area (Å²) in [5, 5.41) is 9.26. The monoisotopic (exact) mass is 203 g/mol. The third-order valence-corrected chi connectivity index (χ3v) is 2.02. The maximum absolute atomic E-state index is 11.0. The van der Waals surface area contributed by atoms with E-state index in [0.29, 0.717) is 0 Å². The van der Waals surface area contributed by atoms with E-state index in [1.54, 1.807) is 6.92 Å². The molecule has 0 aromatic rings. The molecule has 74 valence electrons. The molecule has 0 aromatic carbocycles. The fourth-order valence-electron chi connectivity index (χ4n) is 0.568. The van der Waals surface area contributed by atoms with Crippen molar-refractivity contribution in [3.8, 4) is 0 Å². The zero-order valence-corrected chi connectivity index (χ0v) is 8.31. The minimum atomic E-state index is -0.374. The first-order chi connectivity index (χ1) is 5.97. The minimum Gasteiger partial charge on any atom is -0.370 e. The summed E-state index contributed by atoms with van der Waals surface area (Å²) in [4.78, 5) is 14.5. The first-order valence-corrected chi connectivity index (χ1v) is 4.41. The molecule has 1 atom stereocenters. The van der Waals surface area contributed by atoms with Gasteiger partial charge in [0.2, 0.25) is 5.91 Å². The highest BCUT2D eigenvalue weighted by atomic mass is 32.2. The van der Waals surface area contributed by atoms with Crippen molar-refractivity contribution >= 4 is 28.8 Å². The lowest BCUT2D eigenvalue weighted by atomic mass is 10.4. The quantitative estimate of drug-likeness (QED) is 0.342. The fraction of sp³-hybridized carbons (Fsp3) is 0.500. The Bertz CT molecular complexity index is 235. The number of hydrogen-bond acceptors (Lipinski definition) is 3. The number of thioether (sulfide) groups is 1. The third kappa shape index (κ3) is 5.07. The van der Waals surface area contributed by atoms with E-state index in [9.17, 15) is 4.79 Å². The van der Waals surface area contributed by atoms with Gasteiger partial charge in [0.15, 0.2) is 11.1 Å². The molecule has 0 aliphatic heterocycles. The molecular formula is C6H13N5OS. The van der Waals surface area contributed by atoms with Crippen molar-refractivity contribution in [3.63, 3.8) is 0 Å². The number of carbonyl (C=O) groups excluding carboxylic acids is 1. The first kappa shape index (κ1) is 11.8. The van der Waals surface area contributed by atoms with Crippen molar-refractivity contribution in [2.24, 2.45) is 16.5 Å². The molecule has 0 spiro atoms. The maximum atomic E-state index is 11.0. The van der Waals surface area contributed by atoms with Crippen LogP contribution in [0.5, 0.6) is 0 Å². The lowest BCUT2D eigenvalue weighted by molar-refractivity contribution is -0.119. The van der Waals surface area contributed by atoms with Gasteiger partial charge in [0.25, 0.3) is 0 Å². The van der Waals surface area contributed by atoms with Crippen molar-refractivity contribution in [2.45, 2.75) is 12.2 Å². The van der Waals surface area contributed by atoms with Gasteiger partial charge >= 0.3 is 0 Å². The van der Waals surface area contributed by atoms with Gasteiger partial charge in [-0.3, -0.25) is 10.2 Å². The standard InChI is InChI=1S/C6H13N5OS/c1-3(4(12)10-2)13-6(9)11-5(7)8/h3H,1-2H3,(H,10,12)(H5,7,8,9,11). The number of nitrogens with zero attached hydrogens (tertiary/aromatic N) is 1. The largest absolute Gasteiger partial charge is 0.370 e. The van der Waals surface area contributed by atoms with Gasteiger partial charge in [-0.2, -0.15) is 4.99 Å². The number of nitrogens with two attached hydrogens (primary N) is 2. The Kier molecular flexibility index (Phi) is 4.90. The van der Waals surface area contributed by atoms with Crippen LogP contribution in [-0.2, 0) is 4.79 Å². The van der Waals surface area contributed by atoms with E-state index in [-0.39, 0.29) is 22.3 Å². The summed E-state index contributed by atoms with van der Waals surface area (Å²) in [6.45, 7) is 1.67. The predicted molar refractivity (Wildman–Crippen MR) is 54.7 cm³/mol. The van der Waals surface area contributed by atoms with Crippen LogP contribution in [0.15, 0.2) is 4.99 Å². The smallest absolute Gasteiger partial charge is 0.233 e. The number of amidine groups is 1. The Labute approximate surface area is 80.7 Å². The highest BCUT2D eigenvalue weighted by Gasteiger charge is 2.13. The second-order valence-electron chi connectivity index (χ2n) is 2.22. The third-order valence-electron chi connectivity index (χ3n) is 1.13. The normalized spacial score (nSPS) is 11.5. The summed E-state index contributed by atoms with van der Waals surface area (Å²) < 4.78 is 0. The molecule has 0 rings (SSSR count). The van der Waals surface area contributed by atoms with Crippen LogP contribution in [0.4, 0.5) is 0 Å². The topological polar surface area (TPSA) is 117 Å². The summed E-state index contributed by atoms with van der Waals surface area (Å²) in [6.07, 6.45) is 0. The Morgan fingerprint density at radius 1 is 1.62 bits per heavy atom. The minimum absolute atomic E-state index is 0.0731. The average molecular weight is 203 g/mol. The molecule has 1 amide bonds. The second kappa shape index (κ2) is 5.41. The molecule has 0 aliphatic carbocycles. The van der Waals surface area contributed by atoms with E-state index < -0.39 is 0 Å². The van der Waals surface area contributed by atoms with Crippen molar-refractivity contribution in [1.29, 1.82) is 5.41 Å². The van der Waals surface area contributed by atoms with Crippen LogP contribution in [0.2, 0.25) is 0 Å². The highest BCUT2D eigenvalue weighted by Crippen LogP contribution is 2.12. The van der Waals surface area contributed by atoms with Crippen molar-refractivity contribution < 1.29 is 4.79 Å². The molecule has 1 unspecified atom stereocenters. The van der Waals surface area contributed by atoms with E-state index in [2.05, 4.69) is 10.3 Å². The second-order valence-corrected chi connectivity index (χ2v) is 3.55. The van der Waals surface area contributed by atoms with Gasteiger partial charge in [0.05, 0.1) is 5.25 Å². The molecule has 6 nitrogen and oxygen atoms in total. The van der Waals surface area contributed by atoms with Gasteiger partial charge in [-0.05, 0) is 6.92 Å². The first-order valence-electron chi connectivity index (χ1n) is 3.53. The fourth-order valence-corrected chi connectivity index (χ4v) is 1.29. The van der Waals surface area contributed by atoms with Crippen LogP contribution in [0.1, 0.15) is 6.92 Å². The summed E-state index contributed by atoms with van der Waals surface area (Å²) >= 11 is 0.984. The molecule has 0 bridgehead atoms. The Morgan fingerprint density at radius 2 is 2.15 bits per heavy atom. The van der Waals surface area contributed by atoms with Crippen molar-refractivity contribution in [1.82, 2.24) is 5.32 Å². The molecule has 0 radical (unpaired) electrons. The van der Waals surface area contributed by atoms with Crippen LogP contribution in [-0.4, -0.2) is 29.3 Å². The van der Waals surface area contributed by atoms with E-state index in [1.165, 1.54) is 7.05 Å². The number of amides is 1. The molecule has 0 fully saturated rings. The lowest BCUT2D eigenvalue weighted by Gasteiger charge is -2.07. The molecule has 0 saturated heterocycles. The Hall–Kier alpha value is -1.24. The average Bonchev–Trinajstić information content (AvgIpc) is 2.01. The zero-order valence-electron chi connectivity index (χ0n) is 7.50. The Balaban J connectivity index is 4.07. The van der Waals surface area contributed by atoms with Crippen LogP contribution >= 0.6 is 11.8 Å². The predicted octanol–water partition coefficient (Wildman–Crippen LogP) is -0.938. The molecule has 6 N–H and O–H groups in total. The van der Waals surface area contributed by atoms with Crippen LogP contribution in [0.3, 0.4) is 0 Å². The van der Waals surface area contributed by atoms with Gasteiger partial charge in [0, 0.05) is 7.05 Å². The van der Waals surface area contributed by atoms with Gasteiger partial charge in [-0.1, -0.05) is 11.8 Å². The zero-order chi connectivity index (χ0) is 10.4. The van der Waals surface area contributed by atoms with Crippen LogP contribution in [0.25, 0.3) is 0 Å². The van der Waals surface area contributed by atoms with E-state index >= 15 is 0 Å². The maximum Gasteiger partial charge on any atom is 0.233 e. The lowest BCUT2D eigenvalue weighted by Crippen LogP contribution is -2.29. The summed E-state index contributed by atoms with van der Waals surface area (Å²) in [6, 6.07) is 0. The number of nitrogens with one attached hydrogen (secondary N) is 2. The van der Waals surface area contributed by atoms with E-state index in [0.717, 1.165) is 11.8 Å². The molecule has 13 heavy (non-hydrogen) atoms. The molecule has 0 saturated carbocycles. The molecule has 0 aromatic heterocycles. The van der Waals surface area contributed by atoms with Crippen LogP contribution in [0, 0.1) is 5.41 Å². The van der Waals surface area contributed by atoms with Gasteiger partial charge < -0.3 is 16.8 Å². The summed E-state index contributed by atoms with van der Waals surface area (Å²) in [7, 11) is 1.53. The molecule has 0 heterocycles. The summed E-state index contributed by atoms with van der Waals surface area (Å²) in [5.41, 5.74) is 10.1. The van der Waals surface area contributed by atoms with Gasteiger partial charge in [-0.25, -0.2) is 0 Å². The van der Waals surface area contributed by atoms with Crippen molar-refractivity contribution in [2.75, 3.05) is 7.05 Å². The Morgan fingerprint density at radius 3 is 2.54 bits per heavy atom. The SMILES string of the molecule is CNC(=O)C(C)SC(=N)N=C(N)N. The van der Waals surface area contributed by atoms with E-state index in [4.69, 9.17) is 16.9 Å². The number of guanidine groups is 1. The molecule has 7 heteroatoms. The number of rotatable bonds is 2. The van der Waals surface area contributed by atoms with E-state index in [1.807, 2.05) is 0 Å².